The normalized spacial score (nSPS) is 20.8. The fourth-order valence-electron chi connectivity index (χ4n) is 2.18. The highest BCUT2D eigenvalue weighted by molar-refractivity contribution is 5.86. The maximum atomic E-state index is 9.13. The van der Waals surface area contributed by atoms with Gasteiger partial charge in [0.2, 0.25) is 0 Å². The summed E-state index contributed by atoms with van der Waals surface area (Å²) >= 11 is 0. The molecule has 6 nitrogen and oxygen atoms in total. The molecular weight excluding hydrogens is 206 g/mol. The molecule has 1 aliphatic heterocycles. The summed E-state index contributed by atoms with van der Waals surface area (Å²) in [5.74, 6) is 1.27. The van der Waals surface area contributed by atoms with Crippen molar-refractivity contribution in [3.63, 3.8) is 0 Å². The Bertz CT molecular complexity index is 497. The van der Waals surface area contributed by atoms with Gasteiger partial charge in [-0.15, -0.1) is 0 Å². The van der Waals surface area contributed by atoms with Crippen molar-refractivity contribution >= 4 is 16.9 Å². The summed E-state index contributed by atoms with van der Waals surface area (Å²) in [4.78, 5) is 10.6. The lowest BCUT2D eigenvalue weighted by molar-refractivity contribution is 0.238. The van der Waals surface area contributed by atoms with Crippen molar-refractivity contribution in [2.75, 3.05) is 24.6 Å². The van der Waals surface area contributed by atoms with Crippen LogP contribution in [0, 0.1) is 5.92 Å². The number of fused-ring (bicyclic) bond motifs is 1. The summed E-state index contributed by atoms with van der Waals surface area (Å²) in [6, 6.07) is 0. The lowest BCUT2D eigenvalue weighted by Gasteiger charge is -2.17. The fourth-order valence-corrected chi connectivity index (χ4v) is 2.18. The Balaban J connectivity index is 1.97. The van der Waals surface area contributed by atoms with E-state index in [4.69, 9.17) is 5.11 Å². The van der Waals surface area contributed by atoms with Gasteiger partial charge in [0.05, 0.1) is 11.6 Å². The van der Waals surface area contributed by atoms with Crippen molar-refractivity contribution in [2.45, 2.75) is 6.42 Å². The molecule has 1 aliphatic rings. The quantitative estimate of drug-likeness (QED) is 0.753. The van der Waals surface area contributed by atoms with Crippen molar-refractivity contribution < 1.29 is 5.11 Å². The number of nitrogens with zero attached hydrogens (tertiary/aromatic N) is 4. The van der Waals surface area contributed by atoms with Crippen molar-refractivity contribution in [3.05, 3.63) is 12.5 Å². The molecule has 3 rings (SSSR count). The van der Waals surface area contributed by atoms with Crippen LogP contribution < -0.4 is 4.90 Å². The molecule has 0 bridgehead atoms. The third-order valence-corrected chi connectivity index (χ3v) is 3.07. The van der Waals surface area contributed by atoms with E-state index in [0.717, 1.165) is 36.4 Å². The van der Waals surface area contributed by atoms with Gasteiger partial charge in [-0.05, 0) is 6.42 Å². The molecule has 0 spiro atoms. The molecule has 1 atom stereocenters. The first-order chi connectivity index (χ1) is 7.88. The van der Waals surface area contributed by atoms with Crippen LogP contribution in [0.5, 0.6) is 0 Å². The molecule has 3 heterocycles. The zero-order valence-corrected chi connectivity index (χ0v) is 8.80. The fraction of sp³-hybridized carbons (Fsp3) is 0.500. The summed E-state index contributed by atoms with van der Waals surface area (Å²) in [5, 5.41) is 16.9. The van der Waals surface area contributed by atoms with E-state index < -0.39 is 0 Å². The molecule has 0 saturated carbocycles. The number of hydrogen-bond donors (Lipinski definition) is 2. The third kappa shape index (κ3) is 1.42. The van der Waals surface area contributed by atoms with Crippen molar-refractivity contribution in [1.29, 1.82) is 0 Å². The van der Waals surface area contributed by atoms with Gasteiger partial charge in [-0.3, -0.25) is 5.10 Å². The number of aromatic nitrogens is 4. The van der Waals surface area contributed by atoms with Gasteiger partial charge >= 0.3 is 0 Å². The predicted octanol–water partition coefficient (Wildman–Crippen LogP) is 0.171. The lowest BCUT2D eigenvalue weighted by Crippen LogP contribution is -2.21. The SMILES string of the molecule is OCC1CCN(c2ncnc3[nH]ncc23)C1. The van der Waals surface area contributed by atoms with Crippen LogP contribution >= 0.6 is 0 Å². The first-order valence-electron chi connectivity index (χ1n) is 5.38. The van der Waals surface area contributed by atoms with Crippen LogP contribution in [0.2, 0.25) is 0 Å². The monoisotopic (exact) mass is 219 g/mol. The second kappa shape index (κ2) is 3.71. The highest BCUT2D eigenvalue weighted by Gasteiger charge is 2.24. The molecule has 6 heteroatoms. The number of H-pyrrole nitrogens is 1. The minimum Gasteiger partial charge on any atom is -0.396 e. The highest BCUT2D eigenvalue weighted by Crippen LogP contribution is 2.26. The number of nitrogens with one attached hydrogen (secondary N) is 1. The number of aliphatic hydroxyl groups is 1. The summed E-state index contributed by atoms with van der Waals surface area (Å²) in [6.45, 7) is 2.03. The molecule has 0 aromatic carbocycles. The van der Waals surface area contributed by atoms with Gasteiger partial charge in [0.15, 0.2) is 5.65 Å². The molecule has 16 heavy (non-hydrogen) atoms. The Kier molecular flexibility index (Phi) is 2.21. The molecule has 2 aromatic heterocycles. The van der Waals surface area contributed by atoms with Crippen LogP contribution in [-0.2, 0) is 0 Å². The van der Waals surface area contributed by atoms with E-state index in [9.17, 15) is 0 Å². The van der Waals surface area contributed by atoms with Crippen LogP contribution in [-0.4, -0.2) is 45.0 Å². The minimum absolute atomic E-state index is 0.246. The van der Waals surface area contributed by atoms with E-state index >= 15 is 0 Å². The average Bonchev–Trinajstić information content (AvgIpc) is 2.97. The Labute approximate surface area is 92.3 Å². The van der Waals surface area contributed by atoms with E-state index in [0.29, 0.717) is 5.92 Å². The molecule has 1 unspecified atom stereocenters. The van der Waals surface area contributed by atoms with Gasteiger partial charge in [-0.25, -0.2) is 9.97 Å². The Morgan fingerprint density at radius 1 is 1.50 bits per heavy atom. The van der Waals surface area contributed by atoms with Crippen molar-refractivity contribution in [3.8, 4) is 0 Å². The zero-order chi connectivity index (χ0) is 11.0. The number of aromatic amines is 1. The second-order valence-corrected chi connectivity index (χ2v) is 4.11. The van der Waals surface area contributed by atoms with Gasteiger partial charge < -0.3 is 10.0 Å². The van der Waals surface area contributed by atoms with E-state index in [1.165, 1.54) is 0 Å². The molecule has 0 amide bonds. The van der Waals surface area contributed by atoms with Crippen LogP contribution in [0.3, 0.4) is 0 Å². The first kappa shape index (κ1) is 9.53. The Hall–Kier alpha value is -1.69. The number of rotatable bonds is 2. The number of aliphatic hydroxyl groups excluding tert-OH is 1. The Morgan fingerprint density at radius 3 is 3.25 bits per heavy atom. The molecule has 2 aromatic rings. The average molecular weight is 219 g/mol. The molecular formula is C10H13N5O. The molecule has 0 radical (unpaired) electrons. The van der Waals surface area contributed by atoms with Gasteiger partial charge in [0, 0.05) is 25.6 Å². The topological polar surface area (TPSA) is 77.9 Å². The Morgan fingerprint density at radius 2 is 2.44 bits per heavy atom. The van der Waals surface area contributed by atoms with Crippen molar-refractivity contribution in [2.24, 2.45) is 5.92 Å². The number of anilines is 1. The minimum atomic E-state index is 0.246. The lowest BCUT2D eigenvalue weighted by atomic mass is 10.1. The third-order valence-electron chi connectivity index (χ3n) is 3.07. The molecule has 84 valence electrons. The highest BCUT2D eigenvalue weighted by atomic mass is 16.3. The van der Waals surface area contributed by atoms with Gasteiger partial charge in [-0.2, -0.15) is 5.10 Å². The zero-order valence-electron chi connectivity index (χ0n) is 8.80. The maximum absolute atomic E-state index is 9.13. The van der Waals surface area contributed by atoms with E-state index in [2.05, 4.69) is 25.1 Å². The van der Waals surface area contributed by atoms with E-state index in [-0.39, 0.29) is 6.61 Å². The largest absolute Gasteiger partial charge is 0.396 e. The van der Waals surface area contributed by atoms with Crippen LogP contribution in [0.1, 0.15) is 6.42 Å². The standard InChI is InChI=1S/C10H13N5O/c16-5-7-1-2-15(4-7)10-8-3-13-14-9(8)11-6-12-10/h3,6-7,16H,1-2,4-5H2,(H,11,12,13,14). The molecule has 2 N–H and O–H groups in total. The second-order valence-electron chi connectivity index (χ2n) is 4.11. The predicted molar refractivity (Wildman–Crippen MR) is 59.1 cm³/mol. The smallest absolute Gasteiger partial charge is 0.160 e. The van der Waals surface area contributed by atoms with Gasteiger partial charge in [0.25, 0.3) is 0 Å². The van der Waals surface area contributed by atoms with Crippen LogP contribution in [0.15, 0.2) is 12.5 Å². The summed E-state index contributed by atoms with van der Waals surface area (Å²) in [7, 11) is 0. The van der Waals surface area contributed by atoms with E-state index in [1.807, 2.05) is 0 Å². The van der Waals surface area contributed by atoms with Crippen LogP contribution in [0.25, 0.3) is 11.0 Å². The van der Waals surface area contributed by atoms with Gasteiger partial charge in [-0.1, -0.05) is 0 Å². The first-order valence-corrected chi connectivity index (χ1v) is 5.38. The maximum Gasteiger partial charge on any atom is 0.160 e. The summed E-state index contributed by atoms with van der Waals surface area (Å²) in [5.41, 5.74) is 0.762. The molecule has 1 fully saturated rings. The van der Waals surface area contributed by atoms with Crippen LogP contribution in [0.4, 0.5) is 5.82 Å². The summed E-state index contributed by atoms with van der Waals surface area (Å²) < 4.78 is 0. The molecule has 0 aliphatic carbocycles. The molecule has 1 saturated heterocycles. The number of hydrogen-bond acceptors (Lipinski definition) is 5. The van der Waals surface area contributed by atoms with Crippen molar-refractivity contribution in [1.82, 2.24) is 20.2 Å². The summed E-state index contributed by atoms with van der Waals surface area (Å²) in [6.07, 6.45) is 4.30. The van der Waals surface area contributed by atoms with Gasteiger partial charge in [0.1, 0.15) is 12.1 Å². The van der Waals surface area contributed by atoms with E-state index in [1.54, 1.807) is 12.5 Å².